The lowest BCUT2D eigenvalue weighted by Gasteiger charge is -2.36. The molecular weight excluding hydrogens is 555 g/mol. The summed E-state index contributed by atoms with van der Waals surface area (Å²) in [5, 5.41) is 12.0. The fourth-order valence-electron chi connectivity index (χ4n) is 4.38. The summed E-state index contributed by atoms with van der Waals surface area (Å²) >= 11 is 6.97. The van der Waals surface area contributed by atoms with Crippen LogP contribution in [0.2, 0.25) is 0 Å². The average Bonchev–Trinajstić information content (AvgIpc) is 2.95. The molecule has 204 valence electrons. The van der Waals surface area contributed by atoms with Gasteiger partial charge in [0.25, 0.3) is 17.5 Å². The lowest BCUT2D eigenvalue weighted by atomic mass is 10.0. The number of thiocarbonyl (C=S) groups is 1. The molecule has 1 aliphatic heterocycles. The zero-order chi connectivity index (χ0) is 29.3. The number of amides is 2. The summed E-state index contributed by atoms with van der Waals surface area (Å²) in [5.74, 6) is -1.21. The van der Waals surface area contributed by atoms with Crippen molar-refractivity contribution in [2.75, 3.05) is 9.80 Å². The molecule has 5 rings (SSSR count). The first-order valence-corrected chi connectivity index (χ1v) is 14.0. The first kappa shape index (κ1) is 27.9. The number of benzene rings is 4. The molecule has 41 heavy (non-hydrogen) atoms. The second-order valence-electron chi connectivity index (χ2n) is 9.63. The second kappa shape index (κ2) is 11.5. The van der Waals surface area contributed by atoms with Gasteiger partial charge in [-0.05, 0) is 98.2 Å². The number of anilines is 2. The molecule has 7 nitrogen and oxygen atoms in total. The van der Waals surface area contributed by atoms with Crippen molar-refractivity contribution in [3.8, 4) is 0 Å². The highest BCUT2D eigenvalue weighted by Crippen LogP contribution is 2.37. The molecule has 0 radical (unpaired) electrons. The van der Waals surface area contributed by atoms with Gasteiger partial charge in [0.05, 0.1) is 21.2 Å². The number of nitrogens with zero attached hydrogens (tertiary/aromatic N) is 3. The van der Waals surface area contributed by atoms with Gasteiger partial charge >= 0.3 is 0 Å². The van der Waals surface area contributed by atoms with Crippen LogP contribution in [0, 0.1) is 30.9 Å². The van der Waals surface area contributed by atoms with Gasteiger partial charge in [-0.15, -0.1) is 0 Å². The number of nitro groups is 1. The van der Waals surface area contributed by atoms with Crippen LogP contribution in [0.15, 0.2) is 106 Å². The monoisotopic (exact) mass is 579 g/mol. The zero-order valence-corrected chi connectivity index (χ0v) is 24.2. The van der Waals surface area contributed by atoms with Crippen LogP contribution < -0.4 is 9.80 Å². The van der Waals surface area contributed by atoms with Gasteiger partial charge in [-0.1, -0.05) is 59.8 Å². The van der Waals surface area contributed by atoms with Crippen LogP contribution in [-0.4, -0.2) is 21.9 Å². The number of nitro benzene ring substituents is 1. The fourth-order valence-corrected chi connectivity index (χ4v) is 5.66. The van der Waals surface area contributed by atoms with Gasteiger partial charge in [-0.3, -0.25) is 29.5 Å². The first-order chi connectivity index (χ1) is 19.6. The molecule has 0 spiro atoms. The molecule has 2 amide bonds. The number of hydrogen-bond acceptors (Lipinski definition) is 6. The zero-order valence-electron chi connectivity index (χ0n) is 22.5. The van der Waals surface area contributed by atoms with E-state index in [0.717, 1.165) is 21.6 Å². The predicted molar refractivity (Wildman–Crippen MR) is 166 cm³/mol. The van der Waals surface area contributed by atoms with E-state index in [1.165, 1.54) is 33.7 Å². The predicted octanol–water partition coefficient (Wildman–Crippen LogP) is 7.42. The number of rotatable bonds is 6. The summed E-state index contributed by atoms with van der Waals surface area (Å²) < 4.78 is 0. The summed E-state index contributed by atoms with van der Waals surface area (Å²) in [6.07, 6.45) is 1.39. The summed E-state index contributed by atoms with van der Waals surface area (Å²) in [6, 6.07) is 26.7. The third-order valence-corrected chi connectivity index (χ3v) is 8.19. The topological polar surface area (TPSA) is 83.8 Å². The summed E-state index contributed by atoms with van der Waals surface area (Å²) in [6.45, 7) is 5.87. The van der Waals surface area contributed by atoms with Crippen LogP contribution >= 0.6 is 24.0 Å². The molecule has 4 aromatic rings. The van der Waals surface area contributed by atoms with E-state index in [9.17, 15) is 19.7 Å². The van der Waals surface area contributed by atoms with Crippen LogP contribution in [0.5, 0.6) is 0 Å². The number of carbonyl (C=O) groups excluding carboxylic acids is 2. The number of hydrogen-bond donors (Lipinski definition) is 0. The van der Waals surface area contributed by atoms with Gasteiger partial charge in [-0.25, -0.2) is 0 Å². The van der Waals surface area contributed by atoms with Crippen LogP contribution in [0.4, 0.5) is 17.1 Å². The third-order valence-electron chi connectivity index (χ3n) is 6.75. The minimum Gasteiger partial charge on any atom is -0.268 e. The van der Waals surface area contributed by atoms with Gasteiger partial charge in [0.2, 0.25) is 0 Å². The number of carbonyl (C=O) groups is 2. The number of para-hydroxylation sites is 1. The van der Waals surface area contributed by atoms with E-state index in [2.05, 4.69) is 0 Å². The van der Waals surface area contributed by atoms with E-state index in [-0.39, 0.29) is 16.4 Å². The van der Waals surface area contributed by atoms with Gasteiger partial charge in [0.1, 0.15) is 5.57 Å². The standard InChI is InChI=1S/C32H25N3O4S2/c1-20-9-14-26(15-10-20)41-29-16-12-23(19-28(29)35(38)39)18-27-30(36)33(24-7-5-4-6-8-24)32(40)34(31(27)37)25-13-11-21(2)22(3)17-25/h4-19H,1-3H3. The Bertz CT molecular complexity index is 1730. The van der Waals surface area contributed by atoms with Crippen molar-refractivity contribution in [1.29, 1.82) is 0 Å². The highest BCUT2D eigenvalue weighted by atomic mass is 32.2. The maximum atomic E-state index is 13.9. The van der Waals surface area contributed by atoms with Crippen molar-refractivity contribution in [2.24, 2.45) is 0 Å². The third kappa shape index (κ3) is 5.68. The Labute approximate surface area is 247 Å². The maximum Gasteiger partial charge on any atom is 0.283 e. The molecule has 0 unspecified atom stereocenters. The normalized spacial score (nSPS) is 14.6. The molecule has 4 aromatic carbocycles. The molecule has 0 saturated carbocycles. The summed E-state index contributed by atoms with van der Waals surface area (Å²) in [4.78, 5) is 43.2. The lowest BCUT2D eigenvalue weighted by Crippen LogP contribution is -2.57. The largest absolute Gasteiger partial charge is 0.283 e. The Morgan fingerprint density at radius 1 is 0.780 bits per heavy atom. The van der Waals surface area contributed by atoms with Crippen molar-refractivity contribution < 1.29 is 14.5 Å². The minimum atomic E-state index is -0.605. The summed E-state index contributed by atoms with van der Waals surface area (Å²) in [7, 11) is 0. The van der Waals surface area contributed by atoms with Crippen LogP contribution in [-0.2, 0) is 9.59 Å². The van der Waals surface area contributed by atoms with Crippen LogP contribution in [0.1, 0.15) is 22.3 Å². The lowest BCUT2D eigenvalue weighted by molar-refractivity contribution is -0.387. The molecule has 9 heteroatoms. The molecular formula is C32H25N3O4S2. The molecule has 0 N–H and O–H groups in total. The Kier molecular flexibility index (Phi) is 7.83. The minimum absolute atomic E-state index is 0.0300. The molecule has 0 bridgehead atoms. The quantitative estimate of drug-likeness (QED) is 0.0777. The van der Waals surface area contributed by atoms with Crippen LogP contribution in [0.25, 0.3) is 6.08 Å². The van der Waals surface area contributed by atoms with Crippen molar-refractivity contribution in [3.05, 3.63) is 129 Å². The Hall–Kier alpha value is -4.60. The highest BCUT2D eigenvalue weighted by molar-refractivity contribution is 7.99. The van der Waals surface area contributed by atoms with Crippen LogP contribution in [0.3, 0.4) is 0 Å². The Morgan fingerprint density at radius 3 is 2.07 bits per heavy atom. The van der Waals surface area contributed by atoms with E-state index in [1.54, 1.807) is 42.5 Å². The number of aryl methyl sites for hydroxylation is 3. The molecule has 0 atom stereocenters. The van der Waals surface area contributed by atoms with E-state index in [0.29, 0.717) is 21.8 Å². The SMILES string of the molecule is Cc1ccc(Sc2ccc(C=C3C(=O)N(c4ccccc4)C(=S)N(c4ccc(C)c(C)c4)C3=O)cc2[N+](=O)[O-])cc1. The first-order valence-electron chi connectivity index (χ1n) is 12.7. The summed E-state index contributed by atoms with van der Waals surface area (Å²) in [5.41, 5.74) is 4.20. The van der Waals surface area contributed by atoms with Gasteiger partial charge in [-0.2, -0.15) is 0 Å². The highest BCUT2D eigenvalue weighted by Gasteiger charge is 2.41. The van der Waals surface area contributed by atoms with Gasteiger partial charge in [0, 0.05) is 11.0 Å². The van der Waals surface area contributed by atoms with E-state index in [1.807, 2.05) is 63.2 Å². The average molecular weight is 580 g/mol. The van der Waals surface area contributed by atoms with Gasteiger partial charge < -0.3 is 0 Å². The van der Waals surface area contributed by atoms with Crippen molar-refractivity contribution in [1.82, 2.24) is 0 Å². The molecule has 0 aliphatic carbocycles. The Morgan fingerprint density at radius 2 is 1.44 bits per heavy atom. The second-order valence-corrected chi connectivity index (χ2v) is 11.1. The molecule has 1 heterocycles. The van der Waals surface area contributed by atoms with Crippen molar-refractivity contribution in [3.63, 3.8) is 0 Å². The maximum absolute atomic E-state index is 13.9. The van der Waals surface area contributed by atoms with E-state index >= 15 is 0 Å². The van der Waals surface area contributed by atoms with E-state index in [4.69, 9.17) is 12.2 Å². The molecule has 0 aromatic heterocycles. The Balaban J connectivity index is 1.59. The smallest absolute Gasteiger partial charge is 0.268 e. The molecule has 1 fully saturated rings. The van der Waals surface area contributed by atoms with Crippen molar-refractivity contribution >= 4 is 64.0 Å². The van der Waals surface area contributed by atoms with Crippen molar-refractivity contribution in [2.45, 2.75) is 30.6 Å². The van der Waals surface area contributed by atoms with Gasteiger partial charge in [0.15, 0.2) is 5.11 Å². The fraction of sp³-hybridized carbons (Fsp3) is 0.0938. The molecule has 1 aliphatic rings. The molecule has 1 saturated heterocycles. The van der Waals surface area contributed by atoms with E-state index < -0.39 is 16.7 Å².